The van der Waals surface area contributed by atoms with Crippen LogP contribution in [0.3, 0.4) is 0 Å². The molecule has 1 aromatic rings. The van der Waals surface area contributed by atoms with Crippen LogP contribution in [0.15, 0.2) is 18.2 Å². The lowest BCUT2D eigenvalue weighted by molar-refractivity contribution is 0.226. The Morgan fingerprint density at radius 2 is 1.89 bits per heavy atom. The lowest BCUT2D eigenvalue weighted by atomic mass is 10.0. The van der Waals surface area contributed by atoms with Crippen LogP contribution in [-0.4, -0.2) is 18.0 Å². The molecule has 0 spiro atoms. The molecule has 1 rings (SSSR count). The molecule has 0 fully saturated rings. The highest BCUT2D eigenvalue weighted by atomic mass is 35.5. The fourth-order valence-electron chi connectivity index (χ4n) is 2.14. The molecule has 0 amide bonds. The van der Waals surface area contributed by atoms with Gasteiger partial charge in [-0.05, 0) is 30.2 Å². The van der Waals surface area contributed by atoms with Gasteiger partial charge in [0.05, 0.1) is 10.7 Å². The zero-order chi connectivity index (χ0) is 13.5. The Kier molecular flexibility index (Phi) is 6.51. The molecule has 102 valence electrons. The highest BCUT2D eigenvalue weighted by molar-refractivity contribution is 6.33. The van der Waals surface area contributed by atoms with Crippen LogP contribution in [0.1, 0.15) is 39.2 Å². The molecule has 18 heavy (non-hydrogen) atoms. The fraction of sp³-hybridized carbons (Fsp3) is 0.600. The maximum atomic E-state index is 6.06. The molecule has 1 aromatic carbocycles. The molecular formula is C15H25ClN2. The van der Waals surface area contributed by atoms with E-state index in [-0.39, 0.29) is 0 Å². The van der Waals surface area contributed by atoms with Crippen LogP contribution in [0.4, 0.5) is 5.69 Å². The van der Waals surface area contributed by atoms with Crippen molar-refractivity contribution in [3.63, 3.8) is 0 Å². The van der Waals surface area contributed by atoms with Crippen LogP contribution in [-0.2, 0) is 6.54 Å². The first-order valence-corrected chi connectivity index (χ1v) is 7.24. The van der Waals surface area contributed by atoms with E-state index < -0.39 is 0 Å². The molecule has 0 heterocycles. The van der Waals surface area contributed by atoms with Crippen molar-refractivity contribution in [3.8, 4) is 0 Å². The molecule has 3 heteroatoms. The van der Waals surface area contributed by atoms with E-state index in [1.807, 2.05) is 12.1 Å². The van der Waals surface area contributed by atoms with E-state index in [2.05, 4.69) is 31.7 Å². The van der Waals surface area contributed by atoms with Crippen LogP contribution in [0.2, 0.25) is 5.02 Å². The van der Waals surface area contributed by atoms with Gasteiger partial charge in [-0.15, -0.1) is 0 Å². The van der Waals surface area contributed by atoms with Crippen molar-refractivity contribution in [3.05, 3.63) is 28.8 Å². The minimum absolute atomic E-state index is 0.656. The second-order valence-corrected chi connectivity index (χ2v) is 5.27. The Hall–Kier alpha value is -0.730. The Morgan fingerprint density at radius 3 is 2.39 bits per heavy atom. The third kappa shape index (κ3) is 4.51. The molecule has 0 unspecified atom stereocenters. The number of anilines is 1. The first kappa shape index (κ1) is 15.3. The zero-order valence-corrected chi connectivity index (χ0v) is 12.5. The Bertz CT molecular complexity index is 362. The SMILES string of the molecule is CCC(CC)CN(CC)Cc1ccc(N)c(Cl)c1. The van der Waals surface area contributed by atoms with Gasteiger partial charge in [0.1, 0.15) is 0 Å². The van der Waals surface area contributed by atoms with Gasteiger partial charge in [0.2, 0.25) is 0 Å². The van der Waals surface area contributed by atoms with E-state index in [1.54, 1.807) is 0 Å². The van der Waals surface area contributed by atoms with Crippen molar-refractivity contribution in [1.29, 1.82) is 0 Å². The van der Waals surface area contributed by atoms with E-state index in [9.17, 15) is 0 Å². The summed E-state index contributed by atoms with van der Waals surface area (Å²) in [6.07, 6.45) is 2.49. The molecule has 2 N–H and O–H groups in total. The van der Waals surface area contributed by atoms with E-state index in [1.165, 1.54) is 18.4 Å². The van der Waals surface area contributed by atoms with Gasteiger partial charge in [-0.1, -0.05) is 51.3 Å². The topological polar surface area (TPSA) is 29.3 Å². The summed E-state index contributed by atoms with van der Waals surface area (Å²) in [5.74, 6) is 0.786. The molecule has 0 aliphatic carbocycles. The highest BCUT2D eigenvalue weighted by Crippen LogP contribution is 2.21. The molecule has 0 atom stereocenters. The maximum absolute atomic E-state index is 6.06. The molecule has 0 aliphatic rings. The number of nitrogens with zero attached hydrogens (tertiary/aromatic N) is 1. The van der Waals surface area contributed by atoms with Crippen LogP contribution < -0.4 is 5.73 Å². The number of hydrogen-bond donors (Lipinski definition) is 1. The number of hydrogen-bond acceptors (Lipinski definition) is 2. The fourth-order valence-corrected chi connectivity index (χ4v) is 2.35. The first-order valence-electron chi connectivity index (χ1n) is 6.86. The molecule has 0 radical (unpaired) electrons. The van der Waals surface area contributed by atoms with Crippen molar-refractivity contribution in [2.24, 2.45) is 5.92 Å². The summed E-state index contributed by atoms with van der Waals surface area (Å²) in [7, 11) is 0. The van der Waals surface area contributed by atoms with Gasteiger partial charge in [-0.3, -0.25) is 4.90 Å². The number of nitrogen functional groups attached to an aromatic ring is 1. The average molecular weight is 269 g/mol. The van der Waals surface area contributed by atoms with Crippen molar-refractivity contribution >= 4 is 17.3 Å². The maximum Gasteiger partial charge on any atom is 0.0638 e. The van der Waals surface area contributed by atoms with E-state index in [4.69, 9.17) is 17.3 Å². The third-order valence-corrected chi connectivity index (χ3v) is 3.92. The normalized spacial score (nSPS) is 11.4. The summed E-state index contributed by atoms with van der Waals surface area (Å²) in [5, 5.41) is 0.658. The summed E-state index contributed by atoms with van der Waals surface area (Å²) in [6, 6.07) is 5.94. The van der Waals surface area contributed by atoms with Crippen molar-refractivity contribution in [2.75, 3.05) is 18.8 Å². The first-order chi connectivity index (χ1) is 8.60. The molecule has 2 nitrogen and oxygen atoms in total. The summed E-state index contributed by atoms with van der Waals surface area (Å²) in [6.45, 7) is 9.92. The third-order valence-electron chi connectivity index (χ3n) is 3.59. The minimum Gasteiger partial charge on any atom is -0.398 e. The van der Waals surface area contributed by atoms with Gasteiger partial charge in [0.25, 0.3) is 0 Å². The van der Waals surface area contributed by atoms with Crippen molar-refractivity contribution < 1.29 is 0 Å². The van der Waals surface area contributed by atoms with Gasteiger partial charge in [0, 0.05) is 13.1 Å². The largest absolute Gasteiger partial charge is 0.398 e. The monoisotopic (exact) mass is 268 g/mol. The van der Waals surface area contributed by atoms with Crippen LogP contribution in [0, 0.1) is 5.92 Å². The van der Waals surface area contributed by atoms with E-state index in [0.717, 1.165) is 25.6 Å². The molecule has 0 saturated heterocycles. The van der Waals surface area contributed by atoms with Gasteiger partial charge in [0.15, 0.2) is 0 Å². The minimum atomic E-state index is 0.656. The van der Waals surface area contributed by atoms with Gasteiger partial charge < -0.3 is 5.73 Å². The molecule has 0 aromatic heterocycles. The predicted molar refractivity (Wildman–Crippen MR) is 80.9 cm³/mol. The smallest absolute Gasteiger partial charge is 0.0638 e. The number of benzene rings is 1. The summed E-state index contributed by atoms with van der Waals surface area (Å²) in [4.78, 5) is 2.47. The van der Waals surface area contributed by atoms with Crippen molar-refractivity contribution in [2.45, 2.75) is 40.2 Å². The molecule has 0 aliphatic heterocycles. The highest BCUT2D eigenvalue weighted by Gasteiger charge is 2.10. The summed E-state index contributed by atoms with van der Waals surface area (Å²) >= 11 is 6.06. The Balaban J connectivity index is 2.64. The molecular weight excluding hydrogens is 244 g/mol. The van der Waals surface area contributed by atoms with Crippen LogP contribution in [0.5, 0.6) is 0 Å². The second-order valence-electron chi connectivity index (χ2n) is 4.87. The van der Waals surface area contributed by atoms with Gasteiger partial charge in [-0.25, -0.2) is 0 Å². The number of rotatable bonds is 7. The second kappa shape index (κ2) is 7.65. The lowest BCUT2D eigenvalue weighted by Crippen LogP contribution is -2.28. The predicted octanol–water partition coefficient (Wildman–Crippen LogP) is 4.18. The lowest BCUT2D eigenvalue weighted by Gasteiger charge is -2.25. The number of halogens is 1. The van der Waals surface area contributed by atoms with Crippen LogP contribution >= 0.6 is 11.6 Å². The standard InChI is InChI=1S/C15H25ClN2/c1-4-12(5-2)10-18(6-3)11-13-7-8-15(17)14(16)9-13/h7-9,12H,4-6,10-11,17H2,1-3H3. The summed E-state index contributed by atoms with van der Waals surface area (Å²) < 4.78 is 0. The molecule has 0 bridgehead atoms. The quantitative estimate of drug-likeness (QED) is 0.752. The number of nitrogens with two attached hydrogens (primary N) is 1. The van der Waals surface area contributed by atoms with Crippen molar-refractivity contribution in [1.82, 2.24) is 4.90 Å². The van der Waals surface area contributed by atoms with E-state index in [0.29, 0.717) is 10.7 Å². The zero-order valence-electron chi connectivity index (χ0n) is 11.7. The Morgan fingerprint density at radius 1 is 1.22 bits per heavy atom. The van der Waals surface area contributed by atoms with Gasteiger partial charge in [-0.2, -0.15) is 0 Å². The molecule has 0 saturated carbocycles. The van der Waals surface area contributed by atoms with E-state index >= 15 is 0 Å². The summed E-state index contributed by atoms with van der Waals surface area (Å²) in [5.41, 5.74) is 7.62. The average Bonchev–Trinajstić information content (AvgIpc) is 2.38. The van der Waals surface area contributed by atoms with Gasteiger partial charge >= 0.3 is 0 Å². The van der Waals surface area contributed by atoms with Crippen LogP contribution in [0.25, 0.3) is 0 Å². The Labute approximate surface area is 116 Å².